The van der Waals surface area contributed by atoms with Crippen LogP contribution in [0.1, 0.15) is 34.3 Å². The quantitative estimate of drug-likeness (QED) is 0.679. The van der Waals surface area contributed by atoms with Gasteiger partial charge in [0.25, 0.3) is 0 Å². The number of aromatic carboxylic acids is 1. The van der Waals surface area contributed by atoms with Gasteiger partial charge in [0.2, 0.25) is 0 Å². The van der Waals surface area contributed by atoms with Crippen molar-refractivity contribution in [1.82, 2.24) is 0 Å². The summed E-state index contributed by atoms with van der Waals surface area (Å²) in [6.07, 6.45) is 5.38. The number of carbonyl (C=O) groups is 1. The van der Waals surface area contributed by atoms with Crippen molar-refractivity contribution in [2.75, 3.05) is 0 Å². The van der Waals surface area contributed by atoms with Gasteiger partial charge in [-0.05, 0) is 53.6 Å². The fraction of sp³-hybridized carbons (Fsp3) is 0.190. The lowest BCUT2D eigenvalue weighted by Gasteiger charge is -2.13. The number of aryl methyl sites for hydroxylation is 2. The van der Waals surface area contributed by atoms with Crippen molar-refractivity contribution in [1.29, 1.82) is 0 Å². The Bertz CT molecular complexity index is 790. The maximum absolute atomic E-state index is 10.8. The average molecular weight is 304 g/mol. The van der Waals surface area contributed by atoms with Gasteiger partial charge in [0.05, 0.1) is 5.56 Å². The molecule has 0 atom stereocenters. The molecule has 0 saturated heterocycles. The van der Waals surface area contributed by atoms with E-state index in [2.05, 4.69) is 24.3 Å². The molecule has 23 heavy (non-hydrogen) atoms. The molecule has 0 aliphatic heterocycles. The molecule has 0 heterocycles. The van der Waals surface area contributed by atoms with Crippen molar-refractivity contribution in [3.63, 3.8) is 0 Å². The molecule has 0 amide bonds. The standard InChI is InChI=1S/C11H8O2.C10H12/c12-11(13)10-7-3-5-8-4-1-2-6-9(8)10;1-2-6-10-8-4-3-7-9(10)5-1/h1-7H,(H,12,13);1-2,5-6H,3-4,7-8H2. The predicted octanol–water partition coefficient (Wildman–Crippen LogP) is 5.10. The number of benzene rings is 3. The van der Waals surface area contributed by atoms with Gasteiger partial charge in [-0.2, -0.15) is 0 Å². The molecule has 1 N–H and O–H groups in total. The summed E-state index contributed by atoms with van der Waals surface area (Å²) in [6, 6.07) is 21.5. The Hall–Kier alpha value is -2.61. The Morgan fingerprint density at radius 1 is 0.739 bits per heavy atom. The Morgan fingerprint density at radius 3 is 1.96 bits per heavy atom. The topological polar surface area (TPSA) is 37.3 Å². The average Bonchev–Trinajstić information content (AvgIpc) is 2.62. The number of hydrogen-bond donors (Lipinski definition) is 1. The highest BCUT2D eigenvalue weighted by Gasteiger charge is 2.06. The molecule has 3 aromatic carbocycles. The number of hydrogen-bond acceptors (Lipinski definition) is 1. The van der Waals surface area contributed by atoms with Crippen molar-refractivity contribution in [2.45, 2.75) is 25.7 Å². The number of carboxylic acid groups (broad SMARTS) is 1. The van der Waals surface area contributed by atoms with Crippen LogP contribution < -0.4 is 0 Å². The van der Waals surface area contributed by atoms with Crippen LogP contribution in [0.4, 0.5) is 0 Å². The van der Waals surface area contributed by atoms with Crippen LogP contribution in [0.25, 0.3) is 10.8 Å². The molecular formula is C21H20O2. The molecule has 2 nitrogen and oxygen atoms in total. The van der Waals surface area contributed by atoms with E-state index in [4.69, 9.17) is 5.11 Å². The fourth-order valence-corrected chi connectivity index (χ4v) is 3.09. The SMILES string of the molecule is O=C(O)c1cccc2ccccc12.c1ccc2c(c1)CCCC2. The van der Waals surface area contributed by atoms with Crippen molar-refractivity contribution in [3.05, 3.63) is 83.4 Å². The molecule has 0 bridgehead atoms. The molecule has 0 aromatic heterocycles. The third-order valence-corrected chi connectivity index (χ3v) is 4.28. The van der Waals surface area contributed by atoms with Gasteiger partial charge in [0.1, 0.15) is 0 Å². The third-order valence-electron chi connectivity index (χ3n) is 4.28. The molecule has 0 fully saturated rings. The van der Waals surface area contributed by atoms with Gasteiger partial charge in [0, 0.05) is 0 Å². The Morgan fingerprint density at radius 2 is 1.30 bits per heavy atom. The van der Waals surface area contributed by atoms with Crippen LogP contribution in [0.3, 0.4) is 0 Å². The molecule has 4 rings (SSSR count). The molecule has 1 aliphatic carbocycles. The van der Waals surface area contributed by atoms with Gasteiger partial charge < -0.3 is 5.11 Å². The second-order valence-corrected chi connectivity index (χ2v) is 5.81. The van der Waals surface area contributed by atoms with E-state index in [9.17, 15) is 4.79 Å². The fourth-order valence-electron chi connectivity index (χ4n) is 3.09. The Balaban J connectivity index is 0.000000140. The monoisotopic (exact) mass is 304 g/mol. The predicted molar refractivity (Wildman–Crippen MR) is 94.0 cm³/mol. The molecule has 0 radical (unpaired) electrons. The minimum absolute atomic E-state index is 0.359. The highest BCUT2D eigenvalue weighted by atomic mass is 16.4. The summed E-state index contributed by atoms with van der Waals surface area (Å²) >= 11 is 0. The lowest BCUT2D eigenvalue weighted by Crippen LogP contribution is -2.00. The van der Waals surface area contributed by atoms with Gasteiger partial charge in [-0.15, -0.1) is 0 Å². The lowest BCUT2D eigenvalue weighted by atomic mass is 9.92. The van der Waals surface area contributed by atoms with Crippen molar-refractivity contribution in [3.8, 4) is 0 Å². The number of carboxylic acids is 1. The van der Waals surface area contributed by atoms with Crippen LogP contribution in [0.5, 0.6) is 0 Å². The van der Waals surface area contributed by atoms with Crippen LogP contribution >= 0.6 is 0 Å². The zero-order chi connectivity index (χ0) is 16.1. The van der Waals surface area contributed by atoms with Crippen LogP contribution in [0.15, 0.2) is 66.7 Å². The van der Waals surface area contributed by atoms with Crippen molar-refractivity contribution in [2.24, 2.45) is 0 Å². The summed E-state index contributed by atoms with van der Waals surface area (Å²) in [4.78, 5) is 10.8. The molecule has 116 valence electrons. The normalized spacial score (nSPS) is 12.9. The van der Waals surface area contributed by atoms with Gasteiger partial charge in [-0.3, -0.25) is 0 Å². The molecule has 0 unspecified atom stereocenters. The van der Waals surface area contributed by atoms with E-state index in [1.807, 2.05) is 30.3 Å². The molecule has 1 aliphatic rings. The largest absolute Gasteiger partial charge is 0.478 e. The van der Waals surface area contributed by atoms with Gasteiger partial charge in [-0.1, -0.05) is 60.7 Å². The summed E-state index contributed by atoms with van der Waals surface area (Å²) in [5.74, 6) is -0.878. The molecule has 3 aromatic rings. The maximum Gasteiger partial charge on any atom is 0.336 e. The molecule has 0 spiro atoms. The first-order valence-electron chi connectivity index (χ1n) is 8.03. The first-order chi connectivity index (χ1) is 11.3. The Kier molecular flexibility index (Phi) is 4.72. The van der Waals surface area contributed by atoms with E-state index < -0.39 is 5.97 Å². The highest BCUT2D eigenvalue weighted by Crippen LogP contribution is 2.20. The summed E-state index contributed by atoms with van der Waals surface area (Å²) in [5.41, 5.74) is 3.51. The summed E-state index contributed by atoms with van der Waals surface area (Å²) in [6.45, 7) is 0. The highest BCUT2D eigenvalue weighted by molar-refractivity contribution is 6.03. The van der Waals surface area contributed by atoms with Crippen LogP contribution in [-0.4, -0.2) is 11.1 Å². The van der Waals surface area contributed by atoms with E-state index in [1.165, 1.54) is 25.7 Å². The van der Waals surface area contributed by atoms with E-state index >= 15 is 0 Å². The van der Waals surface area contributed by atoms with Gasteiger partial charge in [0.15, 0.2) is 0 Å². The zero-order valence-electron chi connectivity index (χ0n) is 13.0. The summed E-state index contributed by atoms with van der Waals surface area (Å²) in [7, 11) is 0. The molecule has 0 saturated carbocycles. The van der Waals surface area contributed by atoms with Gasteiger partial charge in [-0.25, -0.2) is 4.79 Å². The maximum atomic E-state index is 10.8. The number of rotatable bonds is 1. The van der Waals surface area contributed by atoms with Crippen LogP contribution in [-0.2, 0) is 12.8 Å². The van der Waals surface area contributed by atoms with Crippen LogP contribution in [0.2, 0.25) is 0 Å². The zero-order valence-corrected chi connectivity index (χ0v) is 13.0. The second kappa shape index (κ2) is 7.10. The van der Waals surface area contributed by atoms with E-state index in [1.54, 1.807) is 23.3 Å². The first-order valence-corrected chi connectivity index (χ1v) is 8.03. The van der Waals surface area contributed by atoms with Crippen LogP contribution in [0, 0.1) is 0 Å². The number of fused-ring (bicyclic) bond motifs is 2. The summed E-state index contributed by atoms with van der Waals surface area (Å²) in [5, 5.41) is 10.6. The van der Waals surface area contributed by atoms with Crippen molar-refractivity contribution < 1.29 is 9.90 Å². The second-order valence-electron chi connectivity index (χ2n) is 5.81. The minimum Gasteiger partial charge on any atom is -0.478 e. The van der Waals surface area contributed by atoms with E-state index in [-0.39, 0.29) is 0 Å². The van der Waals surface area contributed by atoms with E-state index in [0.717, 1.165) is 10.8 Å². The molecular weight excluding hydrogens is 284 g/mol. The third kappa shape index (κ3) is 3.59. The lowest BCUT2D eigenvalue weighted by molar-refractivity contribution is 0.0699. The smallest absolute Gasteiger partial charge is 0.336 e. The van der Waals surface area contributed by atoms with Crippen molar-refractivity contribution >= 4 is 16.7 Å². The first kappa shape index (κ1) is 15.3. The summed E-state index contributed by atoms with van der Waals surface area (Å²) < 4.78 is 0. The minimum atomic E-state index is -0.878. The Labute approximate surface area is 136 Å². The van der Waals surface area contributed by atoms with E-state index in [0.29, 0.717) is 5.56 Å². The van der Waals surface area contributed by atoms with Gasteiger partial charge >= 0.3 is 5.97 Å². The molecule has 2 heteroatoms.